The van der Waals surface area contributed by atoms with Crippen molar-refractivity contribution in [2.75, 3.05) is 26.3 Å². The molecule has 2 saturated heterocycles. The van der Waals surface area contributed by atoms with E-state index in [4.69, 9.17) is 9.47 Å². The fourth-order valence-electron chi connectivity index (χ4n) is 4.13. The van der Waals surface area contributed by atoms with Crippen LogP contribution in [0.25, 0.3) is 0 Å². The molecule has 0 aromatic carbocycles. The summed E-state index contributed by atoms with van der Waals surface area (Å²) in [5.41, 5.74) is 0. The molecule has 7 nitrogen and oxygen atoms in total. The first-order chi connectivity index (χ1) is 11.7. The van der Waals surface area contributed by atoms with E-state index in [1.165, 1.54) is 12.8 Å². The molecular formula is C17H26N4O3. The molecule has 0 bridgehead atoms. The van der Waals surface area contributed by atoms with Crippen LogP contribution in [-0.2, 0) is 27.4 Å². The smallest absolute Gasteiger partial charge is 0.219 e. The Labute approximate surface area is 142 Å². The molecule has 7 heteroatoms. The van der Waals surface area contributed by atoms with Crippen molar-refractivity contribution in [3.8, 4) is 0 Å². The summed E-state index contributed by atoms with van der Waals surface area (Å²) in [6.45, 7) is 6.22. The molecule has 3 aliphatic heterocycles. The summed E-state index contributed by atoms with van der Waals surface area (Å²) in [4.78, 5) is 13.0. The molecule has 0 aliphatic carbocycles. The number of fused-ring (bicyclic) bond motifs is 1. The van der Waals surface area contributed by atoms with Crippen molar-refractivity contribution in [3.63, 3.8) is 0 Å². The van der Waals surface area contributed by atoms with Gasteiger partial charge in [0.15, 0.2) is 5.82 Å². The highest BCUT2D eigenvalue weighted by molar-refractivity contribution is 5.74. The van der Waals surface area contributed by atoms with Gasteiger partial charge in [-0.3, -0.25) is 4.79 Å². The lowest BCUT2D eigenvalue weighted by atomic mass is 9.81. The summed E-state index contributed by atoms with van der Waals surface area (Å²) < 4.78 is 13.7. The van der Waals surface area contributed by atoms with Crippen LogP contribution in [0.5, 0.6) is 0 Å². The number of hydrogen-bond acceptors (Lipinski definition) is 5. The third-order valence-electron chi connectivity index (χ3n) is 5.66. The van der Waals surface area contributed by atoms with E-state index in [2.05, 4.69) is 14.8 Å². The number of carbonyl (C=O) groups excluding carboxylic acids is 1. The molecule has 1 aromatic rings. The molecule has 0 spiro atoms. The van der Waals surface area contributed by atoms with Gasteiger partial charge in [-0.25, -0.2) is 0 Å². The Balaban J connectivity index is 1.38. The predicted molar refractivity (Wildman–Crippen MR) is 86.4 cm³/mol. The molecule has 0 saturated carbocycles. The van der Waals surface area contributed by atoms with Gasteiger partial charge in [0.05, 0.1) is 6.10 Å². The van der Waals surface area contributed by atoms with Gasteiger partial charge in [-0.1, -0.05) is 0 Å². The Morgan fingerprint density at radius 1 is 1.25 bits per heavy atom. The van der Waals surface area contributed by atoms with Crippen LogP contribution in [-0.4, -0.2) is 58.0 Å². The van der Waals surface area contributed by atoms with Gasteiger partial charge in [-0.2, -0.15) is 0 Å². The van der Waals surface area contributed by atoms with Gasteiger partial charge >= 0.3 is 0 Å². The third-order valence-corrected chi connectivity index (χ3v) is 5.66. The summed E-state index contributed by atoms with van der Waals surface area (Å²) >= 11 is 0. The van der Waals surface area contributed by atoms with Crippen molar-refractivity contribution in [1.82, 2.24) is 19.7 Å². The molecule has 1 unspecified atom stereocenters. The van der Waals surface area contributed by atoms with Gasteiger partial charge in [0.2, 0.25) is 5.91 Å². The molecule has 1 amide bonds. The van der Waals surface area contributed by atoms with E-state index in [0.717, 1.165) is 44.2 Å². The average Bonchev–Trinajstić information content (AvgIpc) is 2.97. The highest BCUT2D eigenvalue weighted by atomic mass is 16.5. The number of likely N-dealkylation sites (tertiary alicyclic amines) is 1. The third kappa shape index (κ3) is 3.07. The van der Waals surface area contributed by atoms with E-state index in [1.54, 1.807) is 11.8 Å². The summed E-state index contributed by atoms with van der Waals surface area (Å²) in [5, 5.41) is 8.91. The van der Waals surface area contributed by atoms with Crippen molar-refractivity contribution >= 4 is 5.91 Å². The maximum absolute atomic E-state index is 11.2. The molecule has 132 valence electrons. The Morgan fingerprint density at radius 3 is 2.79 bits per heavy atom. The standard InChI is InChI=1S/C17H26N4O3/c1-12(22)20-9-14(10-20)24-11-16-18-19-17-15(3-2-6-21(16)17)13-4-7-23-8-5-13/h13-15H,2-11H2,1H3. The van der Waals surface area contributed by atoms with Gasteiger partial charge in [-0.15, -0.1) is 10.2 Å². The van der Waals surface area contributed by atoms with Crippen LogP contribution < -0.4 is 0 Å². The fraction of sp³-hybridized carbons (Fsp3) is 0.824. The molecule has 1 atom stereocenters. The number of aromatic nitrogens is 3. The zero-order valence-corrected chi connectivity index (χ0v) is 14.3. The Morgan fingerprint density at radius 2 is 2.04 bits per heavy atom. The van der Waals surface area contributed by atoms with E-state index in [0.29, 0.717) is 31.5 Å². The van der Waals surface area contributed by atoms with Crippen LogP contribution in [0, 0.1) is 5.92 Å². The average molecular weight is 334 g/mol. The lowest BCUT2D eigenvalue weighted by Gasteiger charge is -2.38. The van der Waals surface area contributed by atoms with Gasteiger partial charge < -0.3 is 18.9 Å². The minimum Gasteiger partial charge on any atom is -0.381 e. The zero-order chi connectivity index (χ0) is 16.5. The first-order valence-corrected chi connectivity index (χ1v) is 9.09. The lowest BCUT2D eigenvalue weighted by molar-refractivity contribution is -0.143. The second-order valence-electron chi connectivity index (χ2n) is 7.18. The quantitative estimate of drug-likeness (QED) is 0.831. The lowest BCUT2D eigenvalue weighted by Crippen LogP contribution is -2.54. The molecule has 0 radical (unpaired) electrons. The number of amides is 1. The second-order valence-corrected chi connectivity index (χ2v) is 7.18. The molecule has 1 aromatic heterocycles. The summed E-state index contributed by atoms with van der Waals surface area (Å²) in [5.74, 6) is 3.38. The van der Waals surface area contributed by atoms with E-state index in [9.17, 15) is 4.79 Å². The van der Waals surface area contributed by atoms with Gasteiger partial charge in [-0.05, 0) is 31.6 Å². The largest absolute Gasteiger partial charge is 0.381 e. The zero-order valence-electron chi connectivity index (χ0n) is 14.3. The van der Waals surface area contributed by atoms with Crippen LogP contribution in [0.15, 0.2) is 0 Å². The number of ether oxygens (including phenoxy) is 2. The first kappa shape index (κ1) is 16.0. The predicted octanol–water partition coefficient (Wildman–Crippen LogP) is 1.33. The minimum atomic E-state index is 0.119. The molecule has 4 rings (SSSR count). The van der Waals surface area contributed by atoms with Crippen molar-refractivity contribution in [3.05, 3.63) is 11.6 Å². The maximum atomic E-state index is 11.2. The molecule has 2 fully saturated rings. The highest BCUT2D eigenvalue weighted by Crippen LogP contribution is 2.37. The second kappa shape index (κ2) is 6.80. The van der Waals surface area contributed by atoms with Crippen LogP contribution >= 0.6 is 0 Å². The summed E-state index contributed by atoms with van der Waals surface area (Å²) in [7, 11) is 0. The van der Waals surface area contributed by atoms with Crippen LogP contribution in [0.3, 0.4) is 0 Å². The topological polar surface area (TPSA) is 69.5 Å². The van der Waals surface area contributed by atoms with E-state index >= 15 is 0 Å². The molecule has 3 aliphatic rings. The van der Waals surface area contributed by atoms with Gasteiger partial charge in [0.1, 0.15) is 12.4 Å². The molecule has 0 N–H and O–H groups in total. The van der Waals surface area contributed by atoms with Crippen molar-refractivity contribution in [2.45, 2.75) is 57.8 Å². The Kier molecular flexibility index (Phi) is 4.54. The first-order valence-electron chi connectivity index (χ1n) is 9.09. The van der Waals surface area contributed by atoms with E-state index in [1.807, 2.05) is 0 Å². The van der Waals surface area contributed by atoms with Crippen molar-refractivity contribution in [2.24, 2.45) is 5.92 Å². The molecule has 24 heavy (non-hydrogen) atoms. The fourth-order valence-corrected chi connectivity index (χ4v) is 4.13. The van der Waals surface area contributed by atoms with Gasteiger partial charge in [0.25, 0.3) is 0 Å². The van der Waals surface area contributed by atoms with Crippen LogP contribution in [0.4, 0.5) is 0 Å². The summed E-state index contributed by atoms with van der Waals surface area (Å²) in [6, 6.07) is 0. The number of hydrogen-bond donors (Lipinski definition) is 0. The minimum absolute atomic E-state index is 0.119. The highest BCUT2D eigenvalue weighted by Gasteiger charge is 2.33. The normalized spacial score (nSPS) is 25.4. The Hall–Kier alpha value is -1.47. The monoisotopic (exact) mass is 334 g/mol. The van der Waals surface area contributed by atoms with Crippen LogP contribution in [0.1, 0.15) is 50.2 Å². The number of carbonyl (C=O) groups is 1. The SMILES string of the molecule is CC(=O)N1CC(OCc2nnc3n2CCCC3C2CCOCC2)C1. The van der Waals surface area contributed by atoms with Crippen LogP contribution in [0.2, 0.25) is 0 Å². The van der Waals surface area contributed by atoms with E-state index in [-0.39, 0.29) is 12.0 Å². The maximum Gasteiger partial charge on any atom is 0.219 e. The molecular weight excluding hydrogens is 308 g/mol. The number of rotatable bonds is 4. The molecule has 4 heterocycles. The van der Waals surface area contributed by atoms with E-state index < -0.39 is 0 Å². The Bertz CT molecular complexity index is 591. The van der Waals surface area contributed by atoms with Crippen molar-refractivity contribution in [1.29, 1.82) is 0 Å². The van der Waals surface area contributed by atoms with Gasteiger partial charge in [0, 0.05) is 45.7 Å². The summed E-state index contributed by atoms with van der Waals surface area (Å²) in [6.07, 6.45) is 4.79. The number of nitrogens with zero attached hydrogens (tertiary/aromatic N) is 4. The van der Waals surface area contributed by atoms with Crippen molar-refractivity contribution < 1.29 is 14.3 Å².